The van der Waals surface area contributed by atoms with Gasteiger partial charge in [0.25, 0.3) is 0 Å². The van der Waals surface area contributed by atoms with Gasteiger partial charge in [-0.25, -0.2) is 9.78 Å². The van der Waals surface area contributed by atoms with Crippen LogP contribution in [0.1, 0.15) is 23.3 Å². The third-order valence-corrected chi connectivity index (χ3v) is 7.49. The highest BCUT2D eigenvalue weighted by Crippen LogP contribution is 2.46. The molecule has 0 spiro atoms. The van der Waals surface area contributed by atoms with Crippen molar-refractivity contribution < 1.29 is 9.53 Å². The number of carbonyl (C=O) groups excluding carboxylic acids is 1. The lowest BCUT2D eigenvalue weighted by atomic mass is 9.96. The summed E-state index contributed by atoms with van der Waals surface area (Å²) >= 11 is 3.37. The van der Waals surface area contributed by atoms with E-state index in [4.69, 9.17) is 9.72 Å². The van der Waals surface area contributed by atoms with Crippen molar-refractivity contribution in [2.24, 2.45) is 0 Å². The van der Waals surface area contributed by atoms with E-state index in [0.29, 0.717) is 11.4 Å². The topological polar surface area (TPSA) is 63.2 Å². The molecule has 1 aliphatic rings. The van der Waals surface area contributed by atoms with Gasteiger partial charge in [0.2, 0.25) is 0 Å². The Morgan fingerprint density at radius 3 is 2.77 bits per heavy atom. The Labute approximate surface area is 182 Å². The highest BCUT2D eigenvalue weighted by Gasteiger charge is 2.25. The quantitative estimate of drug-likeness (QED) is 0.382. The molecule has 2 aromatic heterocycles. The van der Waals surface area contributed by atoms with Gasteiger partial charge in [-0.3, -0.25) is 5.32 Å². The first-order valence-corrected chi connectivity index (χ1v) is 11.6. The molecule has 0 aliphatic heterocycles. The van der Waals surface area contributed by atoms with Crippen LogP contribution in [0.3, 0.4) is 0 Å². The average Bonchev–Trinajstić information content (AvgIpc) is 3.34. The van der Waals surface area contributed by atoms with Crippen LogP contribution in [0, 0.1) is 0 Å². The SMILES string of the molecule is COc1cccc(NC(=O)Nc2sc3c(c2-c2nc4ccccc4s2)CCCC3)c1. The van der Waals surface area contributed by atoms with E-state index in [1.165, 1.54) is 23.3 Å². The number of fused-ring (bicyclic) bond motifs is 2. The van der Waals surface area contributed by atoms with E-state index in [-0.39, 0.29) is 6.03 Å². The Morgan fingerprint density at radius 1 is 1.03 bits per heavy atom. The van der Waals surface area contributed by atoms with Gasteiger partial charge in [-0.1, -0.05) is 18.2 Å². The number of thiophene rings is 1. The molecule has 2 heterocycles. The van der Waals surface area contributed by atoms with Gasteiger partial charge in [0, 0.05) is 22.2 Å². The molecule has 0 bridgehead atoms. The summed E-state index contributed by atoms with van der Waals surface area (Å²) in [5, 5.41) is 7.86. The van der Waals surface area contributed by atoms with Gasteiger partial charge >= 0.3 is 6.03 Å². The maximum Gasteiger partial charge on any atom is 0.324 e. The summed E-state index contributed by atoms with van der Waals surface area (Å²) < 4.78 is 6.40. The minimum absolute atomic E-state index is 0.260. The second kappa shape index (κ2) is 8.08. The monoisotopic (exact) mass is 435 g/mol. The predicted molar refractivity (Wildman–Crippen MR) is 125 cm³/mol. The first-order chi connectivity index (χ1) is 14.7. The molecule has 30 heavy (non-hydrogen) atoms. The smallest absolute Gasteiger partial charge is 0.324 e. The van der Waals surface area contributed by atoms with Crippen LogP contribution in [0.2, 0.25) is 0 Å². The number of benzene rings is 2. The Bertz CT molecular complexity index is 1200. The van der Waals surface area contributed by atoms with Crippen LogP contribution in [-0.2, 0) is 12.8 Å². The van der Waals surface area contributed by atoms with Gasteiger partial charge in [0.15, 0.2) is 0 Å². The second-order valence-corrected chi connectivity index (χ2v) is 9.35. The van der Waals surface area contributed by atoms with Crippen molar-refractivity contribution in [1.29, 1.82) is 0 Å². The van der Waals surface area contributed by atoms with Gasteiger partial charge in [0.1, 0.15) is 15.8 Å². The number of nitrogens with zero attached hydrogens (tertiary/aromatic N) is 1. The Kier molecular flexibility index (Phi) is 5.14. The first kappa shape index (κ1) is 19.1. The van der Waals surface area contributed by atoms with Crippen molar-refractivity contribution in [3.8, 4) is 16.3 Å². The molecule has 1 aliphatic carbocycles. The fourth-order valence-electron chi connectivity index (χ4n) is 3.83. The third kappa shape index (κ3) is 3.66. The van der Waals surface area contributed by atoms with Crippen molar-refractivity contribution in [1.82, 2.24) is 4.98 Å². The molecule has 0 saturated carbocycles. The molecule has 7 heteroatoms. The number of anilines is 2. The predicted octanol–water partition coefficient (Wildman–Crippen LogP) is 6.56. The first-order valence-electron chi connectivity index (χ1n) is 9.94. The fraction of sp³-hybridized carbons (Fsp3) is 0.217. The maximum atomic E-state index is 12.8. The van der Waals surface area contributed by atoms with Gasteiger partial charge in [0.05, 0.1) is 17.3 Å². The molecule has 5 nitrogen and oxygen atoms in total. The van der Waals surface area contributed by atoms with E-state index in [1.807, 2.05) is 36.4 Å². The fourth-order valence-corrected chi connectivity index (χ4v) is 6.22. The number of hydrogen-bond acceptors (Lipinski definition) is 5. The lowest BCUT2D eigenvalue weighted by molar-refractivity contribution is 0.262. The molecule has 4 aromatic rings. The largest absolute Gasteiger partial charge is 0.497 e. The average molecular weight is 436 g/mol. The molecule has 2 aromatic carbocycles. The second-order valence-electron chi connectivity index (χ2n) is 7.21. The summed E-state index contributed by atoms with van der Waals surface area (Å²) in [6.07, 6.45) is 4.48. The lowest BCUT2D eigenvalue weighted by Crippen LogP contribution is -2.19. The van der Waals surface area contributed by atoms with Crippen LogP contribution in [0.15, 0.2) is 48.5 Å². The highest BCUT2D eigenvalue weighted by atomic mass is 32.1. The molecule has 152 valence electrons. The third-order valence-electron chi connectivity index (χ3n) is 5.23. The minimum Gasteiger partial charge on any atom is -0.497 e. The Morgan fingerprint density at radius 2 is 1.90 bits per heavy atom. The van der Waals surface area contributed by atoms with Gasteiger partial charge < -0.3 is 10.1 Å². The van der Waals surface area contributed by atoms with E-state index in [1.54, 1.807) is 35.8 Å². The zero-order valence-corrected chi connectivity index (χ0v) is 18.2. The highest BCUT2D eigenvalue weighted by molar-refractivity contribution is 7.22. The molecule has 0 fully saturated rings. The van der Waals surface area contributed by atoms with E-state index in [0.717, 1.165) is 38.6 Å². The van der Waals surface area contributed by atoms with Crippen LogP contribution >= 0.6 is 22.7 Å². The maximum absolute atomic E-state index is 12.8. The standard InChI is InChI=1S/C23H21N3O2S2/c1-28-15-8-6-7-14(13-15)24-23(27)26-22-20(16-9-2-4-11-18(16)29-22)21-25-17-10-3-5-12-19(17)30-21/h3,5-8,10,12-13H,2,4,9,11H2,1H3,(H2,24,26,27). The number of thiazole rings is 1. The number of rotatable bonds is 4. The van der Waals surface area contributed by atoms with Crippen molar-refractivity contribution in [3.05, 3.63) is 59.0 Å². The number of ether oxygens (including phenoxy) is 1. The molecule has 0 radical (unpaired) electrons. The zero-order chi connectivity index (χ0) is 20.5. The van der Waals surface area contributed by atoms with Crippen LogP contribution in [0.25, 0.3) is 20.8 Å². The number of aromatic nitrogens is 1. The molecule has 0 atom stereocenters. The minimum atomic E-state index is -0.260. The van der Waals surface area contributed by atoms with Crippen LogP contribution < -0.4 is 15.4 Å². The molecular formula is C23H21N3O2S2. The zero-order valence-electron chi connectivity index (χ0n) is 16.5. The molecule has 0 saturated heterocycles. The molecule has 2 amide bonds. The molecule has 2 N–H and O–H groups in total. The van der Waals surface area contributed by atoms with Crippen molar-refractivity contribution >= 4 is 49.6 Å². The molecule has 0 unspecified atom stereocenters. The number of hydrogen-bond donors (Lipinski definition) is 2. The summed E-state index contributed by atoms with van der Waals surface area (Å²) in [5.74, 6) is 0.703. The number of carbonyl (C=O) groups is 1. The van der Waals surface area contributed by atoms with Crippen LogP contribution in [0.4, 0.5) is 15.5 Å². The van der Waals surface area contributed by atoms with E-state index >= 15 is 0 Å². The summed E-state index contributed by atoms with van der Waals surface area (Å²) in [6.45, 7) is 0. The van der Waals surface area contributed by atoms with Crippen LogP contribution in [0.5, 0.6) is 5.75 Å². The Balaban J connectivity index is 1.48. The normalized spacial score (nSPS) is 13.1. The van der Waals surface area contributed by atoms with E-state index < -0.39 is 0 Å². The number of aryl methyl sites for hydroxylation is 1. The number of nitrogens with one attached hydrogen (secondary N) is 2. The summed E-state index contributed by atoms with van der Waals surface area (Å²) in [5.41, 5.74) is 4.13. The Hall–Kier alpha value is -2.90. The van der Waals surface area contributed by atoms with E-state index in [9.17, 15) is 4.79 Å². The number of amides is 2. The molecular weight excluding hydrogens is 414 g/mol. The summed E-state index contributed by atoms with van der Waals surface area (Å²) in [6, 6.07) is 15.3. The number of para-hydroxylation sites is 1. The number of urea groups is 1. The van der Waals surface area contributed by atoms with Gasteiger partial charge in [-0.05, 0) is 55.5 Å². The number of methoxy groups -OCH3 is 1. The van der Waals surface area contributed by atoms with Crippen molar-refractivity contribution in [2.75, 3.05) is 17.7 Å². The lowest BCUT2D eigenvalue weighted by Gasteiger charge is -2.12. The molecule has 5 rings (SSSR count). The summed E-state index contributed by atoms with van der Waals surface area (Å²) in [4.78, 5) is 19.0. The van der Waals surface area contributed by atoms with Crippen molar-refractivity contribution in [2.45, 2.75) is 25.7 Å². The van der Waals surface area contributed by atoms with Gasteiger partial charge in [-0.15, -0.1) is 22.7 Å². The van der Waals surface area contributed by atoms with E-state index in [2.05, 4.69) is 16.7 Å². The summed E-state index contributed by atoms with van der Waals surface area (Å²) in [7, 11) is 1.61. The van der Waals surface area contributed by atoms with Crippen molar-refractivity contribution in [3.63, 3.8) is 0 Å². The van der Waals surface area contributed by atoms with Crippen LogP contribution in [-0.4, -0.2) is 18.1 Å². The van der Waals surface area contributed by atoms with Gasteiger partial charge in [-0.2, -0.15) is 0 Å².